The van der Waals surface area contributed by atoms with Crippen molar-refractivity contribution >= 4 is 29.5 Å². The van der Waals surface area contributed by atoms with E-state index in [1.54, 1.807) is 0 Å². The number of anilines is 2. The van der Waals surface area contributed by atoms with Crippen LogP contribution in [-0.4, -0.2) is 13.1 Å². The summed E-state index contributed by atoms with van der Waals surface area (Å²) in [4.78, 5) is 0. The SMILES string of the molecule is CC/C=C(/CC)P1(=S)N(c2ccccc2)CCN1c1ccccc1. The number of hydrogen-bond acceptors (Lipinski definition) is 1. The Kier molecular flexibility index (Phi) is 5.43. The van der Waals surface area contributed by atoms with E-state index in [4.69, 9.17) is 11.8 Å². The second kappa shape index (κ2) is 7.55. The van der Waals surface area contributed by atoms with Crippen LogP contribution < -0.4 is 9.34 Å². The van der Waals surface area contributed by atoms with Crippen LogP contribution in [0.25, 0.3) is 0 Å². The average Bonchev–Trinajstić information content (AvgIpc) is 2.99. The Morgan fingerprint density at radius 3 is 1.75 bits per heavy atom. The van der Waals surface area contributed by atoms with Crippen LogP contribution in [0.15, 0.2) is 72.1 Å². The van der Waals surface area contributed by atoms with Gasteiger partial charge in [0.1, 0.15) is 6.34 Å². The number of para-hydroxylation sites is 2. The Morgan fingerprint density at radius 2 is 1.38 bits per heavy atom. The summed E-state index contributed by atoms with van der Waals surface area (Å²) in [5.41, 5.74) is 2.49. The zero-order valence-corrected chi connectivity index (χ0v) is 16.1. The third-order valence-electron chi connectivity index (χ3n) is 4.46. The molecule has 24 heavy (non-hydrogen) atoms. The van der Waals surface area contributed by atoms with Crippen LogP contribution in [0.3, 0.4) is 0 Å². The maximum Gasteiger partial charge on any atom is 0.149 e. The molecule has 4 heteroatoms. The van der Waals surface area contributed by atoms with Gasteiger partial charge in [-0.2, -0.15) is 0 Å². The van der Waals surface area contributed by atoms with Crippen LogP contribution in [0.5, 0.6) is 0 Å². The number of allylic oxidation sites excluding steroid dienone is 2. The molecule has 1 heterocycles. The van der Waals surface area contributed by atoms with Gasteiger partial charge >= 0.3 is 0 Å². The van der Waals surface area contributed by atoms with Gasteiger partial charge in [0.25, 0.3) is 0 Å². The van der Waals surface area contributed by atoms with E-state index in [-0.39, 0.29) is 0 Å². The van der Waals surface area contributed by atoms with Crippen molar-refractivity contribution in [1.82, 2.24) is 0 Å². The van der Waals surface area contributed by atoms with Gasteiger partial charge in [0.05, 0.1) is 0 Å². The molecule has 2 aromatic carbocycles. The fraction of sp³-hybridized carbons (Fsp3) is 0.300. The van der Waals surface area contributed by atoms with Gasteiger partial charge in [0.15, 0.2) is 0 Å². The maximum atomic E-state index is 6.45. The third-order valence-corrected chi connectivity index (χ3v) is 9.77. The molecular formula is C20H25N2PS. The predicted molar refractivity (Wildman–Crippen MR) is 111 cm³/mol. The molecule has 1 saturated heterocycles. The third kappa shape index (κ3) is 3.03. The van der Waals surface area contributed by atoms with E-state index in [1.165, 1.54) is 16.7 Å². The highest BCUT2D eigenvalue weighted by molar-refractivity contribution is 8.18. The van der Waals surface area contributed by atoms with Gasteiger partial charge in [0.2, 0.25) is 0 Å². The molecule has 0 radical (unpaired) electrons. The Labute approximate surface area is 150 Å². The summed E-state index contributed by atoms with van der Waals surface area (Å²) in [6.07, 6.45) is 2.41. The lowest BCUT2D eigenvalue weighted by Crippen LogP contribution is -2.20. The Morgan fingerprint density at radius 1 is 0.917 bits per heavy atom. The van der Waals surface area contributed by atoms with Crippen molar-refractivity contribution < 1.29 is 0 Å². The smallest absolute Gasteiger partial charge is 0.149 e. The zero-order chi connectivity index (χ0) is 17.0. The largest absolute Gasteiger partial charge is 0.323 e. The van der Waals surface area contributed by atoms with Gasteiger partial charge in [-0.25, -0.2) is 0 Å². The van der Waals surface area contributed by atoms with Gasteiger partial charge in [-0.1, -0.05) is 56.3 Å². The van der Waals surface area contributed by atoms with Crippen LogP contribution in [-0.2, 0) is 11.8 Å². The summed E-state index contributed by atoms with van der Waals surface area (Å²) in [6, 6.07) is 21.3. The lowest BCUT2D eigenvalue weighted by molar-refractivity contribution is 1.02. The molecule has 2 aromatic rings. The van der Waals surface area contributed by atoms with Crippen LogP contribution >= 0.6 is 6.34 Å². The summed E-state index contributed by atoms with van der Waals surface area (Å²) in [5.74, 6) is 0. The van der Waals surface area contributed by atoms with Crippen molar-refractivity contribution in [2.45, 2.75) is 26.7 Å². The van der Waals surface area contributed by atoms with Gasteiger partial charge < -0.3 is 9.34 Å². The number of hydrogen-bond donors (Lipinski definition) is 0. The van der Waals surface area contributed by atoms with Crippen molar-refractivity contribution in [3.8, 4) is 0 Å². The van der Waals surface area contributed by atoms with Crippen LogP contribution in [0.4, 0.5) is 11.4 Å². The van der Waals surface area contributed by atoms with Gasteiger partial charge in [-0.05, 0) is 54.2 Å². The summed E-state index contributed by atoms with van der Waals surface area (Å²) in [6.45, 7) is 6.40. The molecular weight excluding hydrogens is 331 g/mol. The van der Waals surface area contributed by atoms with E-state index in [9.17, 15) is 0 Å². The van der Waals surface area contributed by atoms with Crippen molar-refractivity contribution in [3.05, 3.63) is 72.1 Å². The highest BCUT2D eigenvalue weighted by Gasteiger charge is 2.40. The average molecular weight is 356 g/mol. The van der Waals surface area contributed by atoms with Gasteiger partial charge in [-0.15, -0.1) is 0 Å². The van der Waals surface area contributed by atoms with E-state index in [0.29, 0.717) is 0 Å². The van der Waals surface area contributed by atoms with Gasteiger partial charge in [-0.3, -0.25) is 0 Å². The monoisotopic (exact) mass is 356 g/mol. The van der Waals surface area contributed by atoms with E-state index >= 15 is 0 Å². The number of nitrogens with zero attached hydrogens (tertiary/aromatic N) is 2. The first-order chi connectivity index (χ1) is 11.7. The molecule has 0 bridgehead atoms. The first kappa shape index (κ1) is 17.3. The minimum absolute atomic E-state index is 0.983. The first-order valence-corrected chi connectivity index (χ1v) is 11.4. The predicted octanol–water partition coefficient (Wildman–Crippen LogP) is 6.03. The molecule has 0 N–H and O–H groups in total. The normalized spacial score (nSPS) is 17.3. The second-order valence-electron chi connectivity index (χ2n) is 5.92. The summed E-state index contributed by atoms with van der Waals surface area (Å²) in [5, 5.41) is 1.42. The molecule has 0 aliphatic carbocycles. The van der Waals surface area contributed by atoms with Crippen LogP contribution in [0.1, 0.15) is 26.7 Å². The standard InChI is InChI=1S/C20H25N2PS/c1-3-11-20(4-2)23(24)21(18-12-7-5-8-13-18)16-17-22(23)19-14-9-6-10-15-19/h5-15H,3-4,16-17H2,1-2H3/b20-11-. The molecule has 0 amide bonds. The summed E-state index contributed by atoms with van der Waals surface area (Å²) in [7, 11) is 0. The summed E-state index contributed by atoms with van der Waals surface area (Å²) < 4.78 is 4.97. The van der Waals surface area contributed by atoms with Gasteiger partial charge in [0, 0.05) is 24.5 Å². The van der Waals surface area contributed by atoms with E-state index in [1.807, 2.05) is 0 Å². The molecule has 1 aliphatic heterocycles. The molecule has 0 saturated carbocycles. The highest BCUT2D eigenvalue weighted by atomic mass is 32.4. The molecule has 0 unspecified atom stereocenters. The van der Waals surface area contributed by atoms with E-state index in [0.717, 1.165) is 25.9 Å². The molecule has 1 fully saturated rings. The second-order valence-corrected chi connectivity index (χ2v) is 10.1. The zero-order valence-electron chi connectivity index (χ0n) is 14.4. The minimum atomic E-state index is -2.00. The number of benzene rings is 2. The van der Waals surface area contributed by atoms with Crippen molar-refractivity contribution in [3.63, 3.8) is 0 Å². The number of rotatable bonds is 5. The van der Waals surface area contributed by atoms with Crippen molar-refractivity contribution in [2.75, 3.05) is 22.4 Å². The summed E-state index contributed by atoms with van der Waals surface area (Å²) >= 11 is 6.45. The molecule has 0 spiro atoms. The topological polar surface area (TPSA) is 6.48 Å². The molecule has 3 rings (SSSR count). The molecule has 0 aromatic heterocycles. The maximum absolute atomic E-state index is 6.45. The Balaban J connectivity index is 2.12. The lowest BCUT2D eigenvalue weighted by atomic mass is 10.3. The Bertz CT molecular complexity index is 691. The quantitative estimate of drug-likeness (QED) is 0.604. The Hall–Kier alpha value is -1.57. The minimum Gasteiger partial charge on any atom is -0.323 e. The van der Waals surface area contributed by atoms with E-state index < -0.39 is 6.34 Å². The lowest BCUT2D eigenvalue weighted by Gasteiger charge is -2.38. The molecule has 2 nitrogen and oxygen atoms in total. The highest BCUT2D eigenvalue weighted by Crippen LogP contribution is 2.66. The fourth-order valence-electron chi connectivity index (χ4n) is 3.38. The molecule has 1 aliphatic rings. The van der Waals surface area contributed by atoms with Crippen molar-refractivity contribution in [1.29, 1.82) is 0 Å². The molecule has 126 valence electrons. The first-order valence-electron chi connectivity index (χ1n) is 8.67. The van der Waals surface area contributed by atoms with Crippen LogP contribution in [0, 0.1) is 0 Å². The van der Waals surface area contributed by atoms with E-state index in [2.05, 4.69) is 89.9 Å². The van der Waals surface area contributed by atoms with Crippen molar-refractivity contribution in [2.24, 2.45) is 0 Å². The fourth-order valence-corrected chi connectivity index (χ4v) is 8.37. The van der Waals surface area contributed by atoms with Crippen LogP contribution in [0.2, 0.25) is 0 Å². The molecule has 0 atom stereocenters.